The molecule has 0 atom stereocenters. The van der Waals surface area contributed by atoms with Crippen LogP contribution in [0.4, 0.5) is 0 Å². The van der Waals surface area contributed by atoms with Crippen molar-refractivity contribution >= 4 is 23.1 Å². The second-order valence-electron chi connectivity index (χ2n) is 8.10. The highest BCUT2D eigenvalue weighted by Crippen LogP contribution is 2.41. The molecule has 1 heteroatoms. The third-order valence-electron chi connectivity index (χ3n) is 5.75. The van der Waals surface area contributed by atoms with Gasteiger partial charge in [0.2, 0.25) is 0 Å². The van der Waals surface area contributed by atoms with E-state index in [1.807, 2.05) is 12.1 Å². The van der Waals surface area contributed by atoms with Gasteiger partial charge in [0.15, 0.2) is 0 Å². The first kappa shape index (κ1) is 17.7. The molecule has 1 aliphatic carbocycles. The third-order valence-corrected chi connectivity index (χ3v) is 5.75. The first-order valence-corrected chi connectivity index (χ1v) is 9.21. The molecule has 0 radical (unpaired) electrons. The van der Waals surface area contributed by atoms with Gasteiger partial charge >= 0.3 is 0 Å². The Morgan fingerprint density at radius 1 is 1.04 bits per heavy atom. The Bertz CT molecular complexity index is 894. The van der Waals surface area contributed by atoms with Crippen molar-refractivity contribution in [3.8, 4) is 0 Å². The molecule has 130 valence electrons. The van der Waals surface area contributed by atoms with Crippen molar-refractivity contribution < 1.29 is 4.79 Å². The molecule has 0 spiro atoms. The highest BCUT2D eigenvalue weighted by Gasteiger charge is 2.26. The lowest BCUT2D eigenvalue weighted by Gasteiger charge is -2.33. The smallest absolute Gasteiger partial charge is 0.150 e. The summed E-state index contributed by atoms with van der Waals surface area (Å²) in [4.78, 5) is 11.1. The van der Waals surface area contributed by atoms with Crippen LogP contribution >= 0.6 is 0 Å². The monoisotopic (exact) mass is 332 g/mol. The molecule has 1 aliphatic rings. The van der Waals surface area contributed by atoms with Crippen LogP contribution in [0, 0.1) is 19.3 Å². The van der Waals surface area contributed by atoms with Gasteiger partial charge < -0.3 is 0 Å². The van der Waals surface area contributed by atoms with E-state index in [1.54, 1.807) is 0 Å². The van der Waals surface area contributed by atoms with E-state index >= 15 is 0 Å². The maximum atomic E-state index is 11.1. The standard InChI is InChI=1S/C24H28O/c1-16-7-6-12-24(4,5)22(16)11-10-20-8-9-21-14-19(15-25)13-17(2)23(21)18(20)3/h8-11,13-15H,6-7,12H2,1-5H3/b11-10+. The minimum absolute atomic E-state index is 0.262. The molecule has 0 fully saturated rings. The molecule has 0 amide bonds. The number of allylic oxidation sites excluding steroid dienone is 3. The normalized spacial score (nSPS) is 17.5. The van der Waals surface area contributed by atoms with E-state index in [4.69, 9.17) is 0 Å². The molecule has 0 saturated heterocycles. The number of rotatable bonds is 3. The van der Waals surface area contributed by atoms with E-state index in [0.29, 0.717) is 0 Å². The average Bonchev–Trinajstić information content (AvgIpc) is 2.55. The fourth-order valence-electron chi connectivity index (χ4n) is 4.37. The van der Waals surface area contributed by atoms with Gasteiger partial charge in [0.05, 0.1) is 0 Å². The van der Waals surface area contributed by atoms with E-state index in [2.05, 4.69) is 58.9 Å². The maximum Gasteiger partial charge on any atom is 0.150 e. The molecule has 0 aromatic heterocycles. The van der Waals surface area contributed by atoms with Gasteiger partial charge in [-0.15, -0.1) is 0 Å². The zero-order valence-electron chi connectivity index (χ0n) is 16.1. The lowest BCUT2D eigenvalue weighted by atomic mass is 9.72. The van der Waals surface area contributed by atoms with Crippen LogP contribution in [0.5, 0.6) is 0 Å². The molecular formula is C24H28O. The minimum Gasteiger partial charge on any atom is -0.298 e. The number of aldehydes is 1. The maximum absolute atomic E-state index is 11.1. The van der Waals surface area contributed by atoms with Gasteiger partial charge in [0.1, 0.15) is 6.29 Å². The van der Waals surface area contributed by atoms with Crippen LogP contribution in [-0.2, 0) is 0 Å². The molecule has 0 saturated carbocycles. The van der Waals surface area contributed by atoms with E-state index < -0.39 is 0 Å². The molecule has 3 rings (SSSR count). The Labute approximate surface area is 151 Å². The second kappa shape index (κ2) is 6.63. The quantitative estimate of drug-likeness (QED) is 0.564. The molecule has 0 unspecified atom stereocenters. The summed E-state index contributed by atoms with van der Waals surface area (Å²) in [5.74, 6) is 0. The number of hydrogen-bond donors (Lipinski definition) is 0. The average molecular weight is 332 g/mol. The van der Waals surface area contributed by atoms with Gasteiger partial charge in [0.25, 0.3) is 0 Å². The summed E-state index contributed by atoms with van der Waals surface area (Å²) < 4.78 is 0. The van der Waals surface area contributed by atoms with Crippen molar-refractivity contribution in [3.05, 3.63) is 63.7 Å². The number of carbonyl (C=O) groups is 1. The minimum atomic E-state index is 0.262. The van der Waals surface area contributed by atoms with Gasteiger partial charge in [-0.2, -0.15) is 0 Å². The van der Waals surface area contributed by atoms with Crippen LogP contribution in [0.1, 0.15) is 67.1 Å². The second-order valence-corrected chi connectivity index (χ2v) is 8.10. The van der Waals surface area contributed by atoms with Crippen LogP contribution in [0.2, 0.25) is 0 Å². The van der Waals surface area contributed by atoms with Gasteiger partial charge in [0, 0.05) is 5.56 Å². The van der Waals surface area contributed by atoms with E-state index in [9.17, 15) is 4.79 Å². The number of hydrogen-bond acceptors (Lipinski definition) is 1. The van der Waals surface area contributed by atoms with Gasteiger partial charge in [-0.3, -0.25) is 4.79 Å². The Hall–Kier alpha value is -2.15. The largest absolute Gasteiger partial charge is 0.298 e. The molecule has 2 aromatic rings. The van der Waals surface area contributed by atoms with E-state index in [-0.39, 0.29) is 5.41 Å². The first-order valence-electron chi connectivity index (χ1n) is 9.21. The van der Waals surface area contributed by atoms with Crippen LogP contribution in [0.15, 0.2) is 41.5 Å². The summed E-state index contributed by atoms with van der Waals surface area (Å²) in [5.41, 5.74) is 7.74. The van der Waals surface area contributed by atoms with Crippen LogP contribution in [-0.4, -0.2) is 6.29 Å². The summed E-state index contributed by atoms with van der Waals surface area (Å²) in [5, 5.41) is 2.41. The summed E-state index contributed by atoms with van der Waals surface area (Å²) in [6.45, 7) is 11.3. The van der Waals surface area contributed by atoms with Crippen LogP contribution < -0.4 is 0 Å². The van der Waals surface area contributed by atoms with Crippen molar-refractivity contribution in [2.45, 2.75) is 53.9 Å². The van der Waals surface area contributed by atoms with Crippen molar-refractivity contribution in [1.29, 1.82) is 0 Å². The molecule has 0 heterocycles. The number of carbonyl (C=O) groups excluding carboxylic acids is 1. The Morgan fingerprint density at radius 2 is 1.80 bits per heavy atom. The number of fused-ring (bicyclic) bond motifs is 1. The summed E-state index contributed by atoms with van der Waals surface area (Å²) in [7, 11) is 0. The molecular weight excluding hydrogens is 304 g/mol. The molecule has 1 nitrogen and oxygen atoms in total. The molecule has 0 bridgehead atoms. The Morgan fingerprint density at radius 3 is 2.48 bits per heavy atom. The molecule has 25 heavy (non-hydrogen) atoms. The summed E-state index contributed by atoms with van der Waals surface area (Å²) >= 11 is 0. The lowest BCUT2D eigenvalue weighted by Crippen LogP contribution is -2.18. The van der Waals surface area contributed by atoms with Crippen molar-refractivity contribution in [3.63, 3.8) is 0 Å². The summed E-state index contributed by atoms with van der Waals surface area (Å²) in [6, 6.07) is 8.27. The lowest BCUT2D eigenvalue weighted by molar-refractivity contribution is 0.112. The van der Waals surface area contributed by atoms with E-state index in [1.165, 1.54) is 52.5 Å². The molecule has 2 aromatic carbocycles. The third kappa shape index (κ3) is 3.33. The highest BCUT2D eigenvalue weighted by molar-refractivity contribution is 5.95. The SMILES string of the molecule is CC1=C(/C=C/c2ccc3cc(C=O)cc(C)c3c2C)C(C)(C)CCC1. The first-order chi connectivity index (χ1) is 11.8. The zero-order chi connectivity index (χ0) is 18.2. The summed E-state index contributed by atoms with van der Waals surface area (Å²) in [6.07, 6.45) is 9.30. The molecule has 0 aliphatic heterocycles. The number of benzene rings is 2. The van der Waals surface area contributed by atoms with Crippen LogP contribution in [0.25, 0.3) is 16.8 Å². The predicted octanol–water partition coefficient (Wildman–Crippen LogP) is 6.81. The van der Waals surface area contributed by atoms with Crippen molar-refractivity contribution in [2.75, 3.05) is 0 Å². The van der Waals surface area contributed by atoms with Gasteiger partial charge in [-0.1, -0.05) is 43.7 Å². The molecule has 0 N–H and O–H groups in total. The fourth-order valence-corrected chi connectivity index (χ4v) is 4.37. The van der Waals surface area contributed by atoms with Gasteiger partial charge in [-0.25, -0.2) is 0 Å². The van der Waals surface area contributed by atoms with Crippen molar-refractivity contribution in [1.82, 2.24) is 0 Å². The topological polar surface area (TPSA) is 17.1 Å². The Balaban J connectivity index is 2.07. The highest BCUT2D eigenvalue weighted by atomic mass is 16.1. The fraction of sp³-hybridized carbons (Fsp3) is 0.375. The Kier molecular flexibility index (Phi) is 4.69. The zero-order valence-corrected chi connectivity index (χ0v) is 16.1. The van der Waals surface area contributed by atoms with E-state index in [0.717, 1.165) is 17.2 Å². The number of aryl methyl sites for hydroxylation is 2. The van der Waals surface area contributed by atoms with Crippen LogP contribution in [0.3, 0.4) is 0 Å². The predicted molar refractivity (Wildman–Crippen MR) is 108 cm³/mol. The van der Waals surface area contributed by atoms with Gasteiger partial charge in [-0.05, 0) is 90.6 Å². The van der Waals surface area contributed by atoms with Crippen molar-refractivity contribution in [2.24, 2.45) is 5.41 Å².